The number of rotatable bonds is 3. The summed E-state index contributed by atoms with van der Waals surface area (Å²) in [7, 11) is 0. The van der Waals surface area contributed by atoms with E-state index >= 15 is 0 Å². The second-order valence-corrected chi connectivity index (χ2v) is 3.19. The van der Waals surface area contributed by atoms with Gasteiger partial charge in [-0.15, -0.1) is 0 Å². The average Bonchev–Trinajstić information content (AvgIpc) is 2.01. The molecule has 1 aromatic rings. The average molecular weight is 194 g/mol. The highest BCUT2D eigenvalue weighted by atomic mass is 16.6. The lowest BCUT2D eigenvalue weighted by Crippen LogP contribution is -2.07. The lowest BCUT2D eigenvalue weighted by atomic mass is 10.2. The molecule has 0 aliphatic carbocycles. The van der Waals surface area contributed by atoms with Crippen LogP contribution in [-0.4, -0.2) is 11.0 Å². The van der Waals surface area contributed by atoms with Crippen molar-refractivity contribution in [2.24, 2.45) is 0 Å². The summed E-state index contributed by atoms with van der Waals surface area (Å²) >= 11 is 0. The smallest absolute Gasteiger partial charge is 0.314 e. The maximum Gasteiger partial charge on any atom is 0.314 e. The standard InChI is InChI=1S/C10H12NO3/c1-7(2)14-9-6-4-5-8(3)10(9)11(12)13/h4-7H,3H2,1-2H3. The molecule has 1 radical (unpaired) electrons. The molecule has 0 saturated heterocycles. The Bertz CT molecular complexity index is 347. The van der Waals surface area contributed by atoms with Crippen molar-refractivity contribution in [3.63, 3.8) is 0 Å². The summed E-state index contributed by atoms with van der Waals surface area (Å²) in [5.41, 5.74) is 0.314. The molecule has 1 rings (SSSR count). The highest BCUT2D eigenvalue weighted by Gasteiger charge is 2.18. The third kappa shape index (κ3) is 2.22. The maximum absolute atomic E-state index is 10.7. The molecule has 75 valence electrons. The Kier molecular flexibility index (Phi) is 3.06. The van der Waals surface area contributed by atoms with Crippen molar-refractivity contribution in [1.82, 2.24) is 0 Å². The second-order valence-electron chi connectivity index (χ2n) is 3.19. The molecular weight excluding hydrogens is 182 g/mol. The minimum absolute atomic E-state index is 0.0544. The minimum atomic E-state index is -0.472. The van der Waals surface area contributed by atoms with Gasteiger partial charge in [0.25, 0.3) is 0 Å². The number of hydrogen-bond donors (Lipinski definition) is 0. The molecule has 0 bridgehead atoms. The molecule has 0 aliphatic rings. The fourth-order valence-corrected chi connectivity index (χ4v) is 1.12. The molecule has 0 unspecified atom stereocenters. The number of ether oxygens (including phenoxy) is 1. The third-order valence-electron chi connectivity index (χ3n) is 1.63. The SMILES string of the molecule is [CH2]c1cccc(OC(C)C)c1[N+](=O)[O-]. The van der Waals surface area contributed by atoms with Gasteiger partial charge in [0.1, 0.15) is 0 Å². The molecule has 0 aliphatic heterocycles. The van der Waals surface area contributed by atoms with Crippen LogP contribution in [0.3, 0.4) is 0 Å². The van der Waals surface area contributed by atoms with Crippen LogP contribution < -0.4 is 4.74 Å². The largest absolute Gasteiger partial charge is 0.484 e. The summed E-state index contributed by atoms with van der Waals surface area (Å²) in [5.74, 6) is 0.275. The van der Waals surface area contributed by atoms with Crippen LogP contribution in [0.15, 0.2) is 18.2 Å². The zero-order chi connectivity index (χ0) is 10.7. The van der Waals surface area contributed by atoms with Crippen LogP contribution in [0.1, 0.15) is 19.4 Å². The van der Waals surface area contributed by atoms with Gasteiger partial charge in [-0.1, -0.05) is 12.1 Å². The number of nitro groups is 1. The van der Waals surface area contributed by atoms with Crippen molar-refractivity contribution in [2.45, 2.75) is 20.0 Å². The molecule has 0 heterocycles. The van der Waals surface area contributed by atoms with Gasteiger partial charge in [0.2, 0.25) is 0 Å². The van der Waals surface area contributed by atoms with Crippen LogP contribution in [0.4, 0.5) is 5.69 Å². The van der Waals surface area contributed by atoms with Crippen molar-refractivity contribution in [3.8, 4) is 5.75 Å². The van der Waals surface area contributed by atoms with Gasteiger partial charge in [0, 0.05) is 5.56 Å². The third-order valence-corrected chi connectivity index (χ3v) is 1.63. The summed E-state index contributed by atoms with van der Waals surface area (Å²) in [4.78, 5) is 10.2. The zero-order valence-electron chi connectivity index (χ0n) is 8.19. The Labute approximate surface area is 82.7 Å². The van der Waals surface area contributed by atoms with E-state index in [-0.39, 0.29) is 17.5 Å². The van der Waals surface area contributed by atoms with Crippen LogP contribution in [0, 0.1) is 17.0 Å². The molecule has 0 saturated carbocycles. The topological polar surface area (TPSA) is 52.4 Å². The fraction of sp³-hybridized carbons (Fsp3) is 0.300. The van der Waals surface area contributed by atoms with E-state index in [1.807, 2.05) is 13.8 Å². The lowest BCUT2D eigenvalue weighted by Gasteiger charge is -2.10. The van der Waals surface area contributed by atoms with Gasteiger partial charge in [-0.05, 0) is 26.8 Å². The summed E-state index contributed by atoms with van der Waals surface area (Å²) in [6, 6.07) is 4.85. The molecule has 0 fully saturated rings. The van der Waals surface area contributed by atoms with Crippen molar-refractivity contribution >= 4 is 5.69 Å². The summed E-state index contributed by atoms with van der Waals surface area (Å²) in [6.07, 6.45) is -0.0875. The Morgan fingerprint density at radius 2 is 2.14 bits per heavy atom. The first-order chi connectivity index (χ1) is 6.52. The summed E-state index contributed by atoms with van der Waals surface area (Å²) < 4.78 is 5.31. The molecule has 0 amide bonds. The molecule has 0 N–H and O–H groups in total. The number of benzene rings is 1. The Morgan fingerprint density at radius 1 is 1.50 bits per heavy atom. The number of hydrogen-bond acceptors (Lipinski definition) is 3. The van der Waals surface area contributed by atoms with E-state index < -0.39 is 4.92 Å². The lowest BCUT2D eigenvalue weighted by molar-refractivity contribution is -0.386. The van der Waals surface area contributed by atoms with E-state index in [9.17, 15) is 10.1 Å². The molecule has 1 aromatic carbocycles. The maximum atomic E-state index is 10.7. The van der Waals surface area contributed by atoms with E-state index in [0.29, 0.717) is 5.56 Å². The molecule has 0 spiro atoms. The predicted octanol–water partition coefficient (Wildman–Crippen LogP) is 2.56. The Hall–Kier alpha value is -1.58. The zero-order valence-corrected chi connectivity index (χ0v) is 8.19. The van der Waals surface area contributed by atoms with Gasteiger partial charge in [-0.25, -0.2) is 0 Å². The Morgan fingerprint density at radius 3 is 2.64 bits per heavy atom. The van der Waals surface area contributed by atoms with Gasteiger partial charge in [0.15, 0.2) is 5.75 Å². The second kappa shape index (κ2) is 4.09. The van der Waals surface area contributed by atoms with Crippen molar-refractivity contribution in [2.75, 3.05) is 0 Å². The predicted molar refractivity (Wildman–Crippen MR) is 53.3 cm³/mol. The normalized spacial score (nSPS) is 10.3. The minimum Gasteiger partial charge on any atom is -0.484 e. The first-order valence-electron chi connectivity index (χ1n) is 4.28. The first-order valence-corrected chi connectivity index (χ1v) is 4.28. The van der Waals surface area contributed by atoms with E-state index in [4.69, 9.17) is 4.74 Å². The molecule has 14 heavy (non-hydrogen) atoms. The van der Waals surface area contributed by atoms with E-state index in [0.717, 1.165) is 0 Å². The summed E-state index contributed by atoms with van der Waals surface area (Å²) in [6.45, 7) is 7.23. The quantitative estimate of drug-likeness (QED) is 0.548. The molecule has 4 heteroatoms. The molecule has 4 nitrogen and oxygen atoms in total. The fourth-order valence-electron chi connectivity index (χ4n) is 1.12. The van der Waals surface area contributed by atoms with Crippen LogP contribution in [-0.2, 0) is 0 Å². The number of nitrogens with zero attached hydrogens (tertiary/aromatic N) is 1. The van der Waals surface area contributed by atoms with E-state index in [1.54, 1.807) is 18.2 Å². The van der Waals surface area contributed by atoms with Crippen LogP contribution in [0.5, 0.6) is 5.75 Å². The molecular formula is C10H12NO3. The molecule has 0 aromatic heterocycles. The van der Waals surface area contributed by atoms with Crippen LogP contribution in [0.2, 0.25) is 0 Å². The van der Waals surface area contributed by atoms with Crippen LogP contribution in [0.25, 0.3) is 0 Å². The van der Waals surface area contributed by atoms with E-state index in [1.165, 1.54) is 0 Å². The van der Waals surface area contributed by atoms with Crippen molar-refractivity contribution in [3.05, 3.63) is 40.8 Å². The van der Waals surface area contributed by atoms with Crippen LogP contribution >= 0.6 is 0 Å². The highest BCUT2D eigenvalue weighted by Crippen LogP contribution is 2.30. The Balaban J connectivity index is 3.14. The van der Waals surface area contributed by atoms with Crippen molar-refractivity contribution < 1.29 is 9.66 Å². The first kappa shape index (κ1) is 10.5. The van der Waals surface area contributed by atoms with Crippen molar-refractivity contribution in [1.29, 1.82) is 0 Å². The van der Waals surface area contributed by atoms with Gasteiger partial charge in [-0.2, -0.15) is 0 Å². The number of para-hydroxylation sites is 1. The monoisotopic (exact) mass is 194 g/mol. The van der Waals surface area contributed by atoms with Gasteiger partial charge in [0.05, 0.1) is 11.0 Å². The van der Waals surface area contributed by atoms with E-state index in [2.05, 4.69) is 6.92 Å². The highest BCUT2D eigenvalue weighted by molar-refractivity contribution is 5.53. The molecule has 0 atom stereocenters. The van der Waals surface area contributed by atoms with Gasteiger partial charge in [-0.3, -0.25) is 10.1 Å². The van der Waals surface area contributed by atoms with Gasteiger partial charge >= 0.3 is 5.69 Å². The summed E-state index contributed by atoms with van der Waals surface area (Å²) in [5, 5.41) is 10.7. The number of nitro benzene ring substituents is 1. The van der Waals surface area contributed by atoms with Gasteiger partial charge < -0.3 is 4.74 Å².